The Morgan fingerprint density at radius 3 is 2.41 bits per heavy atom. The lowest BCUT2D eigenvalue weighted by Crippen LogP contribution is -2.29. The zero-order chi connectivity index (χ0) is 12.1. The highest BCUT2D eigenvalue weighted by Gasteiger charge is 2.17. The molecule has 0 amide bonds. The van der Waals surface area contributed by atoms with E-state index in [0.29, 0.717) is 12.5 Å². The van der Waals surface area contributed by atoms with Gasteiger partial charge >= 0.3 is 0 Å². The van der Waals surface area contributed by atoms with Crippen LogP contribution in [0, 0.1) is 0 Å². The third kappa shape index (κ3) is 3.20. The maximum absolute atomic E-state index is 5.90. The number of nitrogens with two attached hydrogens (primary N) is 1. The van der Waals surface area contributed by atoms with Crippen molar-refractivity contribution in [3.05, 3.63) is 29.8 Å². The number of hydrogen-bond donors (Lipinski definition) is 1. The minimum Gasteiger partial charge on any atom is -0.497 e. The molecule has 1 fully saturated rings. The van der Waals surface area contributed by atoms with Gasteiger partial charge in [-0.2, -0.15) is 0 Å². The lowest BCUT2D eigenvalue weighted by molar-refractivity contribution is 0.315. The van der Waals surface area contributed by atoms with E-state index in [2.05, 4.69) is 17.0 Å². The van der Waals surface area contributed by atoms with Gasteiger partial charge in [0.15, 0.2) is 0 Å². The normalized spacial score (nSPS) is 18.2. The molecule has 94 valence electrons. The zero-order valence-electron chi connectivity index (χ0n) is 10.6. The molecule has 0 bridgehead atoms. The van der Waals surface area contributed by atoms with E-state index in [-0.39, 0.29) is 0 Å². The molecule has 1 aliphatic rings. The van der Waals surface area contributed by atoms with E-state index in [1.807, 2.05) is 12.1 Å². The fraction of sp³-hybridized carbons (Fsp3) is 0.571. The van der Waals surface area contributed by atoms with Crippen molar-refractivity contribution in [2.45, 2.75) is 18.8 Å². The molecule has 3 nitrogen and oxygen atoms in total. The van der Waals surface area contributed by atoms with Crippen molar-refractivity contribution in [3.63, 3.8) is 0 Å². The van der Waals surface area contributed by atoms with Crippen LogP contribution < -0.4 is 10.5 Å². The van der Waals surface area contributed by atoms with E-state index in [9.17, 15) is 0 Å². The van der Waals surface area contributed by atoms with E-state index in [1.165, 1.54) is 31.5 Å². The van der Waals surface area contributed by atoms with Gasteiger partial charge in [-0.05, 0) is 43.6 Å². The Hall–Kier alpha value is -1.06. The molecular formula is C14H22N2O. The van der Waals surface area contributed by atoms with Crippen LogP contribution >= 0.6 is 0 Å². The second-order valence-corrected chi connectivity index (χ2v) is 4.71. The molecule has 1 heterocycles. The Morgan fingerprint density at radius 1 is 1.24 bits per heavy atom. The average Bonchev–Trinajstić information content (AvgIpc) is 2.89. The van der Waals surface area contributed by atoms with Gasteiger partial charge < -0.3 is 15.4 Å². The fourth-order valence-corrected chi connectivity index (χ4v) is 2.47. The molecule has 3 heteroatoms. The van der Waals surface area contributed by atoms with Crippen LogP contribution in [0.2, 0.25) is 0 Å². The Kier molecular flexibility index (Phi) is 4.40. The minimum absolute atomic E-state index is 0.444. The molecule has 0 aromatic heterocycles. The first-order valence-corrected chi connectivity index (χ1v) is 6.40. The molecule has 0 saturated carbocycles. The van der Waals surface area contributed by atoms with E-state index >= 15 is 0 Å². The predicted octanol–water partition coefficient (Wildman–Crippen LogP) is 1.83. The highest BCUT2D eigenvalue weighted by molar-refractivity contribution is 5.29. The number of likely N-dealkylation sites (tertiary alicyclic amines) is 1. The Labute approximate surface area is 104 Å². The highest BCUT2D eigenvalue weighted by atomic mass is 16.5. The summed E-state index contributed by atoms with van der Waals surface area (Å²) in [7, 11) is 1.69. The molecule has 1 aromatic carbocycles. The molecule has 0 aliphatic carbocycles. The first kappa shape index (κ1) is 12.4. The van der Waals surface area contributed by atoms with Crippen LogP contribution in [0.3, 0.4) is 0 Å². The zero-order valence-corrected chi connectivity index (χ0v) is 10.6. The SMILES string of the molecule is COc1ccc(C(CN)CN2CCCC2)cc1. The summed E-state index contributed by atoms with van der Waals surface area (Å²) in [5.41, 5.74) is 7.22. The van der Waals surface area contributed by atoms with E-state index in [1.54, 1.807) is 7.11 Å². The van der Waals surface area contributed by atoms with Crippen molar-refractivity contribution in [1.82, 2.24) is 4.90 Å². The molecule has 1 atom stereocenters. The second kappa shape index (κ2) is 6.03. The number of benzene rings is 1. The lowest BCUT2D eigenvalue weighted by Gasteiger charge is -2.22. The maximum atomic E-state index is 5.90. The van der Waals surface area contributed by atoms with Gasteiger partial charge in [-0.15, -0.1) is 0 Å². The average molecular weight is 234 g/mol. The number of rotatable bonds is 5. The molecule has 2 rings (SSSR count). The molecule has 1 unspecified atom stereocenters. The third-order valence-corrected chi connectivity index (χ3v) is 3.55. The Bertz CT molecular complexity index is 331. The first-order valence-electron chi connectivity index (χ1n) is 6.40. The van der Waals surface area contributed by atoms with E-state index in [4.69, 9.17) is 10.5 Å². The maximum Gasteiger partial charge on any atom is 0.118 e. The molecule has 1 saturated heterocycles. The van der Waals surface area contributed by atoms with Gasteiger partial charge in [-0.3, -0.25) is 0 Å². The van der Waals surface area contributed by atoms with Crippen molar-refractivity contribution < 1.29 is 4.74 Å². The first-order chi connectivity index (χ1) is 8.33. The summed E-state index contributed by atoms with van der Waals surface area (Å²) in [6, 6.07) is 8.29. The van der Waals surface area contributed by atoms with Crippen LogP contribution in [0.25, 0.3) is 0 Å². The van der Waals surface area contributed by atoms with Gasteiger partial charge in [-0.1, -0.05) is 12.1 Å². The third-order valence-electron chi connectivity index (χ3n) is 3.55. The van der Waals surface area contributed by atoms with Crippen molar-refractivity contribution in [2.75, 3.05) is 33.3 Å². The van der Waals surface area contributed by atoms with E-state index in [0.717, 1.165) is 12.3 Å². The molecular weight excluding hydrogens is 212 g/mol. The van der Waals surface area contributed by atoms with Gasteiger partial charge in [0.1, 0.15) is 5.75 Å². The summed E-state index contributed by atoms with van der Waals surface area (Å²) < 4.78 is 5.17. The minimum atomic E-state index is 0.444. The standard InChI is InChI=1S/C14H22N2O/c1-17-14-6-4-12(5-7-14)13(10-15)11-16-8-2-3-9-16/h4-7,13H,2-3,8-11,15H2,1H3. The summed E-state index contributed by atoms with van der Waals surface area (Å²) in [4.78, 5) is 2.52. The molecule has 1 aliphatic heterocycles. The molecule has 0 spiro atoms. The van der Waals surface area contributed by atoms with Crippen LogP contribution in [0.15, 0.2) is 24.3 Å². The molecule has 17 heavy (non-hydrogen) atoms. The largest absolute Gasteiger partial charge is 0.497 e. The van der Waals surface area contributed by atoms with Crippen LogP contribution in [0.5, 0.6) is 5.75 Å². The lowest BCUT2D eigenvalue weighted by atomic mass is 9.98. The van der Waals surface area contributed by atoms with Crippen LogP contribution in [-0.4, -0.2) is 38.2 Å². The summed E-state index contributed by atoms with van der Waals surface area (Å²) >= 11 is 0. The predicted molar refractivity (Wildman–Crippen MR) is 70.5 cm³/mol. The van der Waals surface area contributed by atoms with E-state index < -0.39 is 0 Å². The van der Waals surface area contributed by atoms with Crippen LogP contribution in [-0.2, 0) is 0 Å². The van der Waals surface area contributed by atoms with Gasteiger partial charge in [0.2, 0.25) is 0 Å². The second-order valence-electron chi connectivity index (χ2n) is 4.71. The summed E-state index contributed by atoms with van der Waals surface area (Å²) in [6.07, 6.45) is 2.67. The number of hydrogen-bond acceptors (Lipinski definition) is 3. The Balaban J connectivity index is 2.00. The summed E-state index contributed by atoms with van der Waals surface area (Å²) in [5, 5.41) is 0. The van der Waals surface area contributed by atoms with Crippen molar-refractivity contribution in [3.8, 4) is 5.75 Å². The molecule has 1 aromatic rings. The van der Waals surface area contributed by atoms with Gasteiger partial charge in [0, 0.05) is 19.0 Å². The number of nitrogens with zero attached hydrogens (tertiary/aromatic N) is 1. The quantitative estimate of drug-likeness (QED) is 0.844. The van der Waals surface area contributed by atoms with Crippen molar-refractivity contribution >= 4 is 0 Å². The van der Waals surface area contributed by atoms with Crippen molar-refractivity contribution in [2.24, 2.45) is 5.73 Å². The smallest absolute Gasteiger partial charge is 0.118 e. The van der Waals surface area contributed by atoms with Gasteiger partial charge in [0.05, 0.1) is 7.11 Å². The number of ether oxygens (including phenoxy) is 1. The Morgan fingerprint density at radius 2 is 1.88 bits per heavy atom. The van der Waals surface area contributed by atoms with Crippen molar-refractivity contribution in [1.29, 1.82) is 0 Å². The van der Waals surface area contributed by atoms with Gasteiger partial charge in [0.25, 0.3) is 0 Å². The number of methoxy groups -OCH3 is 1. The highest BCUT2D eigenvalue weighted by Crippen LogP contribution is 2.21. The fourth-order valence-electron chi connectivity index (χ4n) is 2.47. The van der Waals surface area contributed by atoms with Crippen LogP contribution in [0.4, 0.5) is 0 Å². The topological polar surface area (TPSA) is 38.5 Å². The molecule has 0 radical (unpaired) electrons. The van der Waals surface area contributed by atoms with Crippen LogP contribution in [0.1, 0.15) is 24.3 Å². The summed E-state index contributed by atoms with van der Waals surface area (Å²) in [5.74, 6) is 1.35. The van der Waals surface area contributed by atoms with Gasteiger partial charge in [-0.25, -0.2) is 0 Å². The summed E-state index contributed by atoms with van der Waals surface area (Å²) in [6.45, 7) is 4.25. The molecule has 2 N–H and O–H groups in total. The monoisotopic (exact) mass is 234 g/mol.